The van der Waals surface area contributed by atoms with Crippen LogP contribution in [0.1, 0.15) is 65.2 Å². The molecule has 19 heavy (non-hydrogen) atoms. The van der Waals surface area contributed by atoms with E-state index >= 15 is 0 Å². The summed E-state index contributed by atoms with van der Waals surface area (Å²) in [6.45, 7) is 5.10. The number of esters is 2. The number of hydrogen-bond acceptors (Lipinski definition) is 4. The summed E-state index contributed by atoms with van der Waals surface area (Å²) in [7, 11) is 0. The van der Waals surface area contributed by atoms with Gasteiger partial charge in [-0.15, -0.1) is 0 Å². The monoisotopic (exact) mass is 282 g/mol. The van der Waals surface area contributed by atoms with E-state index < -0.39 is 0 Å². The summed E-state index contributed by atoms with van der Waals surface area (Å²) in [5.41, 5.74) is 0. The number of hydrogen-bond donors (Lipinski definition) is 0. The molecule has 0 spiro atoms. The van der Waals surface area contributed by atoms with Crippen molar-refractivity contribution in [3.05, 3.63) is 0 Å². The SMILES string of the molecule is CCCCCOC(=O)CCC(=O)OCCCCC.[NaH]. The van der Waals surface area contributed by atoms with Crippen LogP contribution in [0.4, 0.5) is 0 Å². The molecule has 0 aromatic heterocycles. The van der Waals surface area contributed by atoms with Gasteiger partial charge in [0.1, 0.15) is 0 Å². The Bertz CT molecular complexity index is 207. The van der Waals surface area contributed by atoms with Gasteiger partial charge in [0, 0.05) is 0 Å². The molecule has 0 amide bonds. The molecular formula is C14H27NaO4. The van der Waals surface area contributed by atoms with Gasteiger partial charge in [-0.05, 0) is 12.8 Å². The molecule has 0 rings (SSSR count). The minimum absolute atomic E-state index is 0. The molecule has 0 saturated carbocycles. The summed E-state index contributed by atoms with van der Waals surface area (Å²) in [4.78, 5) is 22.5. The molecule has 0 unspecified atom stereocenters. The van der Waals surface area contributed by atoms with Crippen LogP contribution >= 0.6 is 0 Å². The van der Waals surface area contributed by atoms with Crippen molar-refractivity contribution in [1.29, 1.82) is 0 Å². The molecule has 0 aromatic rings. The van der Waals surface area contributed by atoms with Crippen molar-refractivity contribution in [3.63, 3.8) is 0 Å². The van der Waals surface area contributed by atoms with E-state index in [2.05, 4.69) is 13.8 Å². The molecule has 0 aliphatic carbocycles. The molecule has 0 N–H and O–H groups in total. The number of unbranched alkanes of at least 4 members (excludes halogenated alkanes) is 4. The molecule has 0 heterocycles. The summed E-state index contributed by atoms with van der Waals surface area (Å²) in [6.07, 6.45) is 6.35. The Labute approximate surface area is 138 Å². The van der Waals surface area contributed by atoms with Crippen LogP contribution in [0.15, 0.2) is 0 Å². The molecule has 4 nitrogen and oxygen atoms in total. The van der Waals surface area contributed by atoms with Gasteiger partial charge in [0.15, 0.2) is 0 Å². The summed E-state index contributed by atoms with van der Waals surface area (Å²) in [6, 6.07) is 0. The molecule has 0 fully saturated rings. The molecule has 108 valence electrons. The Balaban J connectivity index is 0. The first-order chi connectivity index (χ1) is 8.70. The molecule has 0 atom stereocenters. The zero-order valence-corrected chi connectivity index (χ0v) is 11.7. The second kappa shape index (κ2) is 16.0. The first kappa shape index (κ1) is 21.2. The van der Waals surface area contributed by atoms with Crippen molar-refractivity contribution in [2.45, 2.75) is 65.2 Å². The minimum atomic E-state index is -0.309. The van der Waals surface area contributed by atoms with Gasteiger partial charge in [0.05, 0.1) is 26.1 Å². The fourth-order valence-electron chi connectivity index (χ4n) is 1.42. The Hall–Kier alpha value is -0.0600. The van der Waals surface area contributed by atoms with Crippen molar-refractivity contribution in [1.82, 2.24) is 0 Å². The summed E-state index contributed by atoms with van der Waals surface area (Å²) in [5, 5.41) is 0. The molecule has 0 radical (unpaired) electrons. The third-order valence-corrected chi connectivity index (χ3v) is 2.56. The van der Waals surface area contributed by atoms with E-state index in [1.54, 1.807) is 0 Å². The fraction of sp³-hybridized carbons (Fsp3) is 0.857. The van der Waals surface area contributed by atoms with Crippen molar-refractivity contribution in [2.75, 3.05) is 13.2 Å². The van der Waals surface area contributed by atoms with Gasteiger partial charge in [-0.1, -0.05) is 39.5 Å². The second-order valence-electron chi connectivity index (χ2n) is 4.36. The third kappa shape index (κ3) is 15.9. The summed E-state index contributed by atoms with van der Waals surface area (Å²) < 4.78 is 9.98. The predicted octanol–water partition coefficient (Wildman–Crippen LogP) is 2.58. The van der Waals surface area contributed by atoms with E-state index in [9.17, 15) is 9.59 Å². The zero-order valence-electron chi connectivity index (χ0n) is 11.7. The third-order valence-electron chi connectivity index (χ3n) is 2.56. The molecule has 0 saturated heterocycles. The number of carbonyl (C=O) groups is 2. The Morgan fingerprint density at radius 2 is 1.11 bits per heavy atom. The van der Waals surface area contributed by atoms with Crippen molar-refractivity contribution >= 4 is 41.5 Å². The van der Waals surface area contributed by atoms with Crippen LogP contribution in [0.5, 0.6) is 0 Å². The molecule has 5 heteroatoms. The van der Waals surface area contributed by atoms with E-state index in [1.807, 2.05) is 0 Å². The van der Waals surface area contributed by atoms with E-state index in [0.29, 0.717) is 13.2 Å². The van der Waals surface area contributed by atoms with Crippen molar-refractivity contribution in [3.8, 4) is 0 Å². The summed E-state index contributed by atoms with van der Waals surface area (Å²) in [5.74, 6) is -0.617. The number of ether oxygens (including phenoxy) is 2. The Morgan fingerprint density at radius 3 is 1.42 bits per heavy atom. The van der Waals surface area contributed by atoms with Crippen LogP contribution in [0.2, 0.25) is 0 Å². The van der Waals surface area contributed by atoms with Crippen LogP contribution in [-0.2, 0) is 19.1 Å². The molecule has 0 aliphatic rings. The van der Waals surface area contributed by atoms with Crippen LogP contribution in [0.3, 0.4) is 0 Å². The van der Waals surface area contributed by atoms with Gasteiger partial charge in [-0.3, -0.25) is 9.59 Å². The van der Waals surface area contributed by atoms with Gasteiger partial charge in [-0.25, -0.2) is 0 Å². The molecule has 0 aliphatic heterocycles. The zero-order chi connectivity index (χ0) is 13.6. The van der Waals surface area contributed by atoms with E-state index in [-0.39, 0.29) is 54.3 Å². The van der Waals surface area contributed by atoms with Gasteiger partial charge in [0.2, 0.25) is 0 Å². The standard InChI is InChI=1S/C14H26O4.Na.H/c1-3-5-7-11-17-13(15)9-10-14(16)18-12-8-6-4-2;;/h3-12H2,1-2H3;;. The van der Waals surface area contributed by atoms with Gasteiger partial charge in [-0.2, -0.15) is 0 Å². The second-order valence-corrected chi connectivity index (χ2v) is 4.36. The average Bonchev–Trinajstić information content (AvgIpc) is 2.37. The van der Waals surface area contributed by atoms with Crippen LogP contribution in [-0.4, -0.2) is 54.7 Å². The normalized spacial score (nSPS) is 9.58. The van der Waals surface area contributed by atoms with E-state index in [0.717, 1.165) is 38.5 Å². The van der Waals surface area contributed by atoms with Crippen LogP contribution in [0.25, 0.3) is 0 Å². The first-order valence-corrected chi connectivity index (χ1v) is 7.02. The van der Waals surface area contributed by atoms with Crippen LogP contribution in [0, 0.1) is 0 Å². The van der Waals surface area contributed by atoms with Crippen molar-refractivity contribution in [2.24, 2.45) is 0 Å². The summed E-state index contributed by atoms with van der Waals surface area (Å²) >= 11 is 0. The van der Waals surface area contributed by atoms with Crippen molar-refractivity contribution < 1.29 is 19.1 Å². The first-order valence-electron chi connectivity index (χ1n) is 7.02. The Kier molecular flexibility index (Phi) is 17.9. The molecule has 0 aromatic carbocycles. The maximum absolute atomic E-state index is 11.3. The predicted molar refractivity (Wildman–Crippen MR) is 77.4 cm³/mol. The quantitative estimate of drug-likeness (QED) is 0.332. The van der Waals surface area contributed by atoms with E-state index in [1.165, 1.54) is 0 Å². The van der Waals surface area contributed by atoms with Gasteiger partial charge >= 0.3 is 41.5 Å². The Morgan fingerprint density at radius 1 is 0.737 bits per heavy atom. The maximum atomic E-state index is 11.3. The molecular weight excluding hydrogens is 255 g/mol. The molecule has 0 bridgehead atoms. The average molecular weight is 282 g/mol. The number of rotatable bonds is 11. The van der Waals surface area contributed by atoms with Gasteiger partial charge in [0.25, 0.3) is 0 Å². The van der Waals surface area contributed by atoms with Crippen LogP contribution < -0.4 is 0 Å². The fourth-order valence-corrected chi connectivity index (χ4v) is 1.42. The van der Waals surface area contributed by atoms with Gasteiger partial charge < -0.3 is 9.47 Å². The number of carbonyl (C=O) groups excluding carboxylic acids is 2. The topological polar surface area (TPSA) is 52.6 Å². The van der Waals surface area contributed by atoms with E-state index in [4.69, 9.17) is 9.47 Å².